The second-order valence-electron chi connectivity index (χ2n) is 3.56. The third kappa shape index (κ3) is 2160000. The summed E-state index contributed by atoms with van der Waals surface area (Å²) in [6, 6.07) is 0. The molecule has 0 aromatic carbocycles. The third-order valence-corrected chi connectivity index (χ3v) is 0. The smallest absolute Gasteiger partial charge is 0.668 e. The van der Waals surface area contributed by atoms with E-state index in [9.17, 15) is 0 Å². The van der Waals surface area contributed by atoms with E-state index in [0.29, 0.717) is 0 Å². The summed E-state index contributed by atoms with van der Waals surface area (Å²) in [5, 5.41) is 0. The number of carbonyl (C=O) groups is 1. The van der Waals surface area contributed by atoms with Gasteiger partial charge in [-0.3, -0.25) is 0 Å². The van der Waals surface area contributed by atoms with Gasteiger partial charge in [-0.1, -0.05) is 0 Å². The molecule has 0 rings (SSSR count). The second kappa shape index (κ2) is 17.9. The maximum atomic E-state index is 9.11. The van der Waals surface area contributed by atoms with Gasteiger partial charge in [0.15, 0.2) is 0 Å². The number of rotatable bonds is 0. The van der Waals surface area contributed by atoms with E-state index in [-0.39, 0.29) is 16.8 Å². The summed E-state index contributed by atoms with van der Waals surface area (Å²) in [5.41, 5.74) is 5.94. The SMILES string of the molecule is CC([NH-])=O.C[C-](C)C.C[C-](C)C.[Co+3]. The average molecular weight is 231 g/mol. The first-order valence-corrected chi connectivity index (χ1v) is 3.95. The van der Waals surface area contributed by atoms with Crippen molar-refractivity contribution >= 4 is 5.91 Å². The largest absolute Gasteiger partial charge is 3.00 e. The molecule has 0 atom stereocenters. The van der Waals surface area contributed by atoms with E-state index in [0.717, 1.165) is 0 Å². The fourth-order valence-electron chi connectivity index (χ4n) is 0. The summed E-state index contributed by atoms with van der Waals surface area (Å²) in [6.45, 7) is 13.7. The number of amides is 1. The first kappa shape index (κ1) is 23.1. The van der Waals surface area contributed by atoms with Gasteiger partial charge in [0.2, 0.25) is 0 Å². The predicted molar refractivity (Wildman–Crippen MR) is 55.5 cm³/mol. The fraction of sp³-hybridized carbons (Fsp3) is 0.700. The average Bonchev–Trinajstić information content (AvgIpc) is 1.54. The maximum Gasteiger partial charge on any atom is 3.00 e. The monoisotopic (exact) mass is 231 g/mol. The quantitative estimate of drug-likeness (QED) is 0.584. The Labute approximate surface area is 93.9 Å². The van der Waals surface area contributed by atoms with Crippen molar-refractivity contribution in [3.05, 3.63) is 17.6 Å². The minimum Gasteiger partial charge on any atom is -0.668 e. The van der Waals surface area contributed by atoms with Crippen molar-refractivity contribution in [3.63, 3.8) is 0 Å². The molecule has 1 amide bonds. The summed E-state index contributed by atoms with van der Waals surface area (Å²) in [4.78, 5) is 9.11. The van der Waals surface area contributed by atoms with Gasteiger partial charge in [0, 0.05) is 5.91 Å². The van der Waals surface area contributed by atoms with Crippen LogP contribution >= 0.6 is 0 Å². The molecule has 0 saturated carbocycles. The minimum atomic E-state index is -0.583. The predicted octanol–water partition coefficient (Wildman–Crippen LogP) is 3.82. The van der Waals surface area contributed by atoms with Crippen LogP contribution in [0, 0.1) is 11.8 Å². The molecule has 0 saturated heterocycles. The van der Waals surface area contributed by atoms with Crippen LogP contribution in [0.1, 0.15) is 48.5 Å². The van der Waals surface area contributed by atoms with E-state index in [2.05, 4.69) is 41.5 Å². The van der Waals surface area contributed by atoms with Crippen molar-refractivity contribution in [2.24, 2.45) is 0 Å². The molecule has 13 heavy (non-hydrogen) atoms. The number of hydrogen-bond donors (Lipinski definition) is 0. The van der Waals surface area contributed by atoms with Crippen molar-refractivity contribution < 1.29 is 21.6 Å². The van der Waals surface area contributed by atoms with E-state index in [4.69, 9.17) is 10.5 Å². The van der Waals surface area contributed by atoms with Crippen molar-refractivity contribution in [2.45, 2.75) is 48.5 Å². The van der Waals surface area contributed by atoms with E-state index >= 15 is 0 Å². The fourth-order valence-corrected chi connectivity index (χ4v) is 0. The van der Waals surface area contributed by atoms with Gasteiger partial charge in [0.25, 0.3) is 0 Å². The molecule has 0 unspecified atom stereocenters. The zero-order chi connectivity index (χ0) is 10.7. The van der Waals surface area contributed by atoms with Crippen molar-refractivity contribution in [1.29, 1.82) is 0 Å². The normalized spacial score (nSPS) is 7.46. The topological polar surface area (TPSA) is 40.9 Å². The molecule has 3 heteroatoms. The summed E-state index contributed by atoms with van der Waals surface area (Å²) < 4.78 is 0. The van der Waals surface area contributed by atoms with Gasteiger partial charge in [-0.15, -0.1) is 0 Å². The molecule has 0 aliphatic carbocycles. The zero-order valence-corrected chi connectivity index (χ0v) is 10.8. The molecule has 0 heterocycles. The standard InChI is InChI=1S/2C4H9.C2H5NO.Co/c2*1-4(2)3;1-2(3)4;/h2*1-3H3;1H3,(H2,3,4);/q2*-1;;+3/p-1. The van der Waals surface area contributed by atoms with Gasteiger partial charge in [0.1, 0.15) is 0 Å². The molecule has 0 aliphatic rings. The maximum absolute atomic E-state index is 9.11. The molecule has 82 valence electrons. The molecule has 2 nitrogen and oxygen atoms in total. The third-order valence-electron chi connectivity index (χ3n) is 0. The van der Waals surface area contributed by atoms with Gasteiger partial charge in [-0.2, -0.15) is 41.5 Å². The van der Waals surface area contributed by atoms with Crippen LogP contribution in [0.5, 0.6) is 0 Å². The van der Waals surface area contributed by atoms with E-state index in [1.54, 1.807) is 0 Å². The molecule has 0 aliphatic heterocycles. The van der Waals surface area contributed by atoms with E-state index in [1.807, 2.05) is 0 Å². The van der Waals surface area contributed by atoms with Gasteiger partial charge in [0.05, 0.1) is 0 Å². The van der Waals surface area contributed by atoms with E-state index in [1.165, 1.54) is 18.8 Å². The molecule has 0 fully saturated rings. The number of hydrogen-bond acceptors (Lipinski definition) is 1. The summed E-state index contributed by atoms with van der Waals surface area (Å²) >= 11 is 0. The minimum absolute atomic E-state index is 0. The van der Waals surface area contributed by atoms with Crippen molar-refractivity contribution in [3.8, 4) is 0 Å². The van der Waals surface area contributed by atoms with Crippen LogP contribution in [-0.2, 0) is 21.6 Å². The van der Waals surface area contributed by atoms with E-state index < -0.39 is 5.91 Å². The van der Waals surface area contributed by atoms with Gasteiger partial charge in [-0.05, 0) is 6.92 Å². The Balaban J connectivity index is -0.0000000450. The van der Waals surface area contributed by atoms with Crippen molar-refractivity contribution in [1.82, 2.24) is 0 Å². The molecule has 0 aromatic rings. The first-order valence-electron chi connectivity index (χ1n) is 3.95. The summed E-state index contributed by atoms with van der Waals surface area (Å²) in [5.74, 6) is 2.25. The molecule has 0 radical (unpaired) electrons. The van der Waals surface area contributed by atoms with Gasteiger partial charge >= 0.3 is 16.8 Å². The molecule has 0 spiro atoms. The van der Waals surface area contributed by atoms with Crippen LogP contribution in [0.25, 0.3) is 5.73 Å². The Bertz CT molecular complexity index is 77.4. The first-order chi connectivity index (χ1) is 5.20. The van der Waals surface area contributed by atoms with Crippen LogP contribution in [-0.4, -0.2) is 5.91 Å². The second-order valence-corrected chi connectivity index (χ2v) is 3.56. The van der Waals surface area contributed by atoms with Gasteiger partial charge < -0.3 is 22.4 Å². The van der Waals surface area contributed by atoms with Crippen LogP contribution < -0.4 is 0 Å². The summed E-state index contributed by atoms with van der Waals surface area (Å²) in [7, 11) is 0. The molecule has 0 bridgehead atoms. The van der Waals surface area contributed by atoms with Crippen molar-refractivity contribution in [2.75, 3.05) is 0 Å². The summed E-state index contributed by atoms with van der Waals surface area (Å²) in [6.07, 6.45) is 0. The van der Waals surface area contributed by atoms with Crippen LogP contribution in [0.4, 0.5) is 0 Å². The molecular weight excluding hydrogens is 209 g/mol. The van der Waals surface area contributed by atoms with Crippen LogP contribution in [0.2, 0.25) is 0 Å². The Morgan fingerprint density at radius 1 is 0.923 bits per heavy atom. The Hall–Kier alpha value is -0.0235. The molecular formula is C10H22CoNO. The molecule has 0 aromatic heterocycles. The number of nitrogens with one attached hydrogen (secondary N) is 1. The molecule has 1 N–H and O–H groups in total. The Morgan fingerprint density at radius 2 is 0.923 bits per heavy atom. The Kier molecular flexibility index (Phi) is 31.8. The van der Waals surface area contributed by atoms with Gasteiger partial charge in [-0.25, -0.2) is 0 Å². The zero-order valence-electron chi connectivity index (χ0n) is 9.74. The van der Waals surface area contributed by atoms with Crippen LogP contribution in [0.15, 0.2) is 0 Å². The number of carbonyl (C=O) groups excluding carboxylic acids is 1. The Morgan fingerprint density at radius 3 is 0.923 bits per heavy atom. The van der Waals surface area contributed by atoms with Crippen LogP contribution in [0.3, 0.4) is 0 Å².